The highest BCUT2D eigenvalue weighted by Gasteiger charge is 2.28. The van der Waals surface area contributed by atoms with E-state index >= 15 is 0 Å². The lowest BCUT2D eigenvalue weighted by atomic mass is 10.1. The van der Waals surface area contributed by atoms with Crippen LogP contribution in [0.2, 0.25) is 0 Å². The Labute approximate surface area is 193 Å². The molecule has 31 heavy (non-hydrogen) atoms. The minimum Gasteiger partial charge on any atom is -0.726 e. The van der Waals surface area contributed by atoms with Gasteiger partial charge in [-0.15, -0.1) is 0 Å². The third kappa shape index (κ3) is 22.2. The van der Waals surface area contributed by atoms with Crippen molar-refractivity contribution in [3.05, 3.63) is 12.2 Å². The van der Waals surface area contributed by atoms with Gasteiger partial charge in [-0.2, -0.15) is 0 Å². The predicted octanol–water partition coefficient (Wildman–Crippen LogP) is 6.13. The maximum Gasteiger partial charge on any atom is 0.313 e. The van der Waals surface area contributed by atoms with Crippen LogP contribution in [0.1, 0.15) is 111 Å². The number of rotatable bonds is 17. The average molecular weight is 464 g/mol. The molecule has 0 rings (SSSR count). The van der Waals surface area contributed by atoms with E-state index in [4.69, 9.17) is 0 Å². The van der Waals surface area contributed by atoms with Gasteiger partial charge >= 0.3 is 5.91 Å². The number of allylic oxidation sites excluding steroid dienone is 2. The standard InChI is InChI=1S/C23H46NO.CH4O4S/c1-6-7-8-9-10-11-12-13-14-15-16-17-18-19-20-21-23(25)24(4,5)22(2)3;1-5-6(2,3)4/h13-14,22H,6-12,15-21H2,1-5H3;1H3,(H,2,3,4)/q+1;/p-1/b14-13-;. The summed E-state index contributed by atoms with van der Waals surface area (Å²) in [5, 5.41) is 0. The summed E-state index contributed by atoms with van der Waals surface area (Å²) in [6.07, 6.45) is 22.4. The monoisotopic (exact) mass is 463 g/mol. The van der Waals surface area contributed by atoms with Gasteiger partial charge in [0, 0.05) is 0 Å². The first-order valence-corrected chi connectivity index (χ1v) is 13.4. The van der Waals surface area contributed by atoms with Gasteiger partial charge in [0.1, 0.15) is 0 Å². The molecule has 0 aliphatic carbocycles. The highest BCUT2D eigenvalue weighted by Crippen LogP contribution is 2.14. The van der Waals surface area contributed by atoms with E-state index in [1.54, 1.807) is 0 Å². The summed E-state index contributed by atoms with van der Waals surface area (Å²) in [5.74, 6) is 0.382. The molecule has 0 atom stereocenters. The second-order valence-electron chi connectivity index (χ2n) is 8.94. The van der Waals surface area contributed by atoms with Crippen LogP contribution < -0.4 is 0 Å². The van der Waals surface area contributed by atoms with Gasteiger partial charge in [-0.3, -0.25) is 8.67 Å². The van der Waals surface area contributed by atoms with Gasteiger partial charge in [0.25, 0.3) is 0 Å². The van der Waals surface area contributed by atoms with Gasteiger partial charge in [-0.05, 0) is 46.0 Å². The summed E-state index contributed by atoms with van der Waals surface area (Å²) < 4.78 is 31.5. The topological polar surface area (TPSA) is 83.5 Å². The average Bonchev–Trinajstić information content (AvgIpc) is 2.70. The molecule has 0 aromatic heterocycles. The molecular weight excluding hydrogens is 414 g/mol. The number of carbonyl (C=O) groups is 1. The number of hydrogen-bond donors (Lipinski definition) is 0. The fourth-order valence-corrected chi connectivity index (χ4v) is 2.92. The van der Waals surface area contributed by atoms with Crippen molar-refractivity contribution in [2.75, 3.05) is 21.2 Å². The zero-order valence-electron chi connectivity index (χ0n) is 21.0. The first-order valence-electron chi connectivity index (χ1n) is 12.0. The summed E-state index contributed by atoms with van der Waals surface area (Å²) >= 11 is 0. The third-order valence-corrected chi connectivity index (χ3v) is 6.20. The lowest BCUT2D eigenvalue weighted by Gasteiger charge is -2.31. The molecule has 0 saturated heterocycles. The summed E-state index contributed by atoms with van der Waals surface area (Å²) in [7, 11) is 0.460. The molecule has 186 valence electrons. The number of amides is 1. The minimum atomic E-state index is -4.41. The van der Waals surface area contributed by atoms with Gasteiger partial charge in [0.15, 0.2) is 0 Å². The van der Waals surface area contributed by atoms with Crippen molar-refractivity contribution >= 4 is 16.3 Å². The van der Waals surface area contributed by atoms with E-state index in [1.807, 2.05) is 14.1 Å². The molecule has 0 N–H and O–H groups in total. The highest BCUT2D eigenvalue weighted by atomic mass is 32.3. The van der Waals surface area contributed by atoms with Crippen molar-refractivity contribution in [2.24, 2.45) is 0 Å². The molecule has 0 fully saturated rings. The summed E-state index contributed by atoms with van der Waals surface area (Å²) in [6.45, 7) is 6.52. The van der Waals surface area contributed by atoms with E-state index < -0.39 is 10.4 Å². The van der Waals surface area contributed by atoms with Crippen molar-refractivity contribution in [1.29, 1.82) is 0 Å². The Morgan fingerprint density at radius 2 is 1.26 bits per heavy atom. The largest absolute Gasteiger partial charge is 0.726 e. The molecule has 0 aromatic rings. The molecule has 0 radical (unpaired) electrons. The zero-order chi connectivity index (χ0) is 24.2. The third-order valence-electron chi connectivity index (χ3n) is 5.79. The molecule has 0 saturated carbocycles. The van der Waals surface area contributed by atoms with Crippen LogP contribution in [-0.4, -0.2) is 50.6 Å². The van der Waals surface area contributed by atoms with Gasteiger partial charge < -0.3 is 4.55 Å². The lowest BCUT2D eigenvalue weighted by Crippen LogP contribution is -2.50. The van der Waals surface area contributed by atoms with Crippen molar-refractivity contribution in [3.8, 4) is 0 Å². The molecule has 7 heteroatoms. The molecule has 0 aliphatic heterocycles. The number of hydrogen-bond acceptors (Lipinski definition) is 5. The quantitative estimate of drug-likeness (QED) is 0.0852. The van der Waals surface area contributed by atoms with Crippen molar-refractivity contribution < 1.29 is 26.4 Å². The van der Waals surface area contributed by atoms with Crippen LogP contribution in [0.25, 0.3) is 0 Å². The lowest BCUT2D eigenvalue weighted by molar-refractivity contribution is -0.836. The Balaban J connectivity index is 0. The SMILES string of the molecule is CCCCCCCC/C=C\CCCCCCCC(=O)[N+](C)(C)C(C)C.COS(=O)(=O)[O-]. The molecular formula is C24H49NO5S. The van der Waals surface area contributed by atoms with Crippen LogP contribution >= 0.6 is 0 Å². The minimum absolute atomic E-state index is 0.371. The molecule has 0 bridgehead atoms. The molecule has 6 nitrogen and oxygen atoms in total. The summed E-state index contributed by atoms with van der Waals surface area (Å²) in [6, 6.07) is 0.371. The van der Waals surface area contributed by atoms with E-state index in [9.17, 15) is 17.8 Å². The molecule has 0 spiro atoms. The van der Waals surface area contributed by atoms with Gasteiger partial charge in [0.05, 0.1) is 33.7 Å². The van der Waals surface area contributed by atoms with E-state index in [0.29, 0.717) is 16.4 Å². The molecule has 0 unspecified atom stereocenters. The van der Waals surface area contributed by atoms with Gasteiger partial charge in [-0.25, -0.2) is 13.2 Å². The summed E-state index contributed by atoms with van der Waals surface area (Å²) in [4.78, 5) is 12.2. The Morgan fingerprint density at radius 1 is 0.871 bits per heavy atom. The molecule has 1 amide bonds. The second-order valence-corrected chi connectivity index (χ2v) is 10.1. The van der Waals surface area contributed by atoms with Crippen molar-refractivity contribution in [2.45, 2.75) is 117 Å². The van der Waals surface area contributed by atoms with Crippen LogP contribution in [0.5, 0.6) is 0 Å². The maximum absolute atomic E-state index is 12.2. The van der Waals surface area contributed by atoms with Crippen molar-refractivity contribution in [1.82, 2.24) is 0 Å². The zero-order valence-corrected chi connectivity index (χ0v) is 21.8. The van der Waals surface area contributed by atoms with E-state index in [0.717, 1.165) is 20.0 Å². The van der Waals surface area contributed by atoms with E-state index in [1.165, 1.54) is 77.0 Å². The van der Waals surface area contributed by atoms with Crippen molar-refractivity contribution in [3.63, 3.8) is 0 Å². The van der Waals surface area contributed by atoms with Gasteiger partial charge in [-0.1, -0.05) is 70.4 Å². The van der Waals surface area contributed by atoms with Crippen LogP contribution in [-0.2, 0) is 19.4 Å². The Hall–Kier alpha value is -0.760. The number of unbranched alkanes of at least 4 members (excludes halogenated alkanes) is 11. The van der Waals surface area contributed by atoms with E-state index in [-0.39, 0.29) is 0 Å². The Kier molecular flexibility index (Phi) is 20.8. The number of nitrogens with zero attached hydrogens (tertiary/aromatic N) is 1. The second kappa shape index (κ2) is 19.9. The van der Waals surface area contributed by atoms with Crippen LogP contribution in [0.15, 0.2) is 12.2 Å². The highest BCUT2D eigenvalue weighted by molar-refractivity contribution is 7.80. The fraction of sp³-hybridized carbons (Fsp3) is 0.875. The number of quaternary nitrogens is 1. The fourth-order valence-electron chi connectivity index (χ4n) is 2.92. The van der Waals surface area contributed by atoms with Crippen LogP contribution in [0, 0.1) is 0 Å². The predicted molar refractivity (Wildman–Crippen MR) is 128 cm³/mol. The first kappa shape index (κ1) is 32.4. The van der Waals surface area contributed by atoms with Crippen LogP contribution in [0.3, 0.4) is 0 Å². The van der Waals surface area contributed by atoms with Crippen LogP contribution in [0.4, 0.5) is 0 Å². The number of carbonyl (C=O) groups excluding carboxylic acids is 1. The normalized spacial score (nSPS) is 12.3. The first-order chi connectivity index (χ1) is 14.5. The van der Waals surface area contributed by atoms with Gasteiger partial charge in [0.2, 0.25) is 10.4 Å². The Morgan fingerprint density at radius 3 is 1.65 bits per heavy atom. The maximum atomic E-state index is 12.2. The Bertz CT molecular complexity index is 556. The molecule has 0 heterocycles. The summed E-state index contributed by atoms with van der Waals surface area (Å²) in [5.41, 5.74) is 0. The molecule has 0 aromatic carbocycles. The smallest absolute Gasteiger partial charge is 0.313 e. The van der Waals surface area contributed by atoms with E-state index in [2.05, 4.69) is 37.1 Å². The molecule has 0 aliphatic rings.